The van der Waals surface area contributed by atoms with Gasteiger partial charge in [-0.3, -0.25) is 9.63 Å². The van der Waals surface area contributed by atoms with Crippen LogP contribution in [0.1, 0.15) is 29.8 Å². The predicted molar refractivity (Wildman–Crippen MR) is 103 cm³/mol. The summed E-state index contributed by atoms with van der Waals surface area (Å²) in [6.45, 7) is 6.15. The number of aromatic nitrogens is 2. The monoisotopic (exact) mass is 350 g/mol. The van der Waals surface area contributed by atoms with Crippen LogP contribution in [0.2, 0.25) is 0 Å². The topological polar surface area (TPSA) is 76.1 Å². The van der Waals surface area contributed by atoms with Crippen LogP contribution in [0.25, 0.3) is 21.9 Å². The number of anilines is 1. The van der Waals surface area contributed by atoms with E-state index in [-0.39, 0.29) is 11.9 Å². The molecule has 0 aliphatic carbocycles. The maximum absolute atomic E-state index is 12.0. The Morgan fingerprint density at radius 3 is 2.69 bits per heavy atom. The molecular weight excluding hydrogens is 328 g/mol. The van der Waals surface area contributed by atoms with Crippen LogP contribution in [-0.2, 0) is 4.84 Å². The highest BCUT2D eigenvalue weighted by molar-refractivity contribution is 5.97. The third-order valence-corrected chi connectivity index (χ3v) is 4.09. The lowest BCUT2D eigenvalue weighted by molar-refractivity contribution is 0.0537. The van der Waals surface area contributed by atoms with E-state index in [0.717, 1.165) is 33.3 Å². The Bertz CT molecular complexity index is 954. The molecular formula is C20H22N4O2. The molecule has 0 bridgehead atoms. The van der Waals surface area contributed by atoms with Crippen molar-refractivity contribution < 1.29 is 9.63 Å². The molecule has 0 fully saturated rings. The fraction of sp³-hybridized carbons (Fsp3) is 0.250. The van der Waals surface area contributed by atoms with Crippen LogP contribution in [0.15, 0.2) is 42.6 Å². The minimum atomic E-state index is -0.274. The Labute approximate surface area is 152 Å². The summed E-state index contributed by atoms with van der Waals surface area (Å²) in [5, 5.41) is 13.6. The molecule has 3 aromatic rings. The van der Waals surface area contributed by atoms with Crippen molar-refractivity contribution in [2.75, 3.05) is 12.4 Å². The van der Waals surface area contributed by atoms with E-state index < -0.39 is 0 Å². The van der Waals surface area contributed by atoms with Crippen LogP contribution < -0.4 is 10.8 Å². The van der Waals surface area contributed by atoms with Gasteiger partial charge in [0.05, 0.1) is 13.3 Å². The van der Waals surface area contributed by atoms with Gasteiger partial charge in [-0.25, -0.2) is 5.48 Å². The number of amides is 1. The second kappa shape index (κ2) is 7.49. The van der Waals surface area contributed by atoms with Crippen molar-refractivity contribution in [3.8, 4) is 11.1 Å². The number of aryl methyl sites for hydroxylation is 1. The lowest BCUT2D eigenvalue weighted by atomic mass is 9.96. The third-order valence-electron chi connectivity index (χ3n) is 4.09. The van der Waals surface area contributed by atoms with Gasteiger partial charge in [-0.05, 0) is 61.7 Å². The molecule has 0 radical (unpaired) electrons. The van der Waals surface area contributed by atoms with E-state index in [9.17, 15) is 4.79 Å². The summed E-state index contributed by atoms with van der Waals surface area (Å²) in [7, 11) is 1.42. The van der Waals surface area contributed by atoms with E-state index in [1.165, 1.54) is 7.11 Å². The first-order valence-corrected chi connectivity index (χ1v) is 8.46. The second-order valence-electron chi connectivity index (χ2n) is 6.46. The second-order valence-corrected chi connectivity index (χ2v) is 6.46. The highest BCUT2D eigenvalue weighted by atomic mass is 16.6. The van der Waals surface area contributed by atoms with Crippen molar-refractivity contribution in [3.05, 3.63) is 53.7 Å². The molecule has 1 amide bonds. The molecule has 6 nitrogen and oxygen atoms in total. The number of nitrogens with zero attached hydrogens (tertiary/aromatic N) is 2. The Morgan fingerprint density at radius 1 is 1.15 bits per heavy atom. The molecule has 0 spiro atoms. The number of hydroxylamine groups is 1. The molecule has 0 saturated carbocycles. The van der Waals surface area contributed by atoms with E-state index in [4.69, 9.17) is 4.84 Å². The summed E-state index contributed by atoms with van der Waals surface area (Å²) >= 11 is 0. The van der Waals surface area contributed by atoms with Crippen molar-refractivity contribution in [2.45, 2.75) is 26.8 Å². The summed E-state index contributed by atoms with van der Waals surface area (Å²) in [5.74, 6) is 0.498. The molecule has 6 heteroatoms. The molecule has 1 aromatic heterocycles. The van der Waals surface area contributed by atoms with E-state index >= 15 is 0 Å². The fourth-order valence-electron chi connectivity index (χ4n) is 2.86. The SMILES string of the molecule is CONC(=O)c1ccc(C)c(-c2ccc3c(NC(C)C)nncc3c2)c1. The first kappa shape index (κ1) is 17.8. The van der Waals surface area contributed by atoms with Crippen LogP contribution in [0, 0.1) is 6.92 Å². The molecule has 3 rings (SSSR count). The standard InChI is InChI=1S/C20H22N4O2/c1-12(2)22-19-17-8-7-14(9-16(17)11-21-23-19)18-10-15(6-5-13(18)3)20(25)24-26-4/h5-12H,1-4H3,(H,22,23)(H,24,25). The summed E-state index contributed by atoms with van der Waals surface area (Å²) in [6, 6.07) is 12.0. The molecule has 2 aromatic carbocycles. The lowest BCUT2D eigenvalue weighted by Gasteiger charge is -2.13. The zero-order chi connectivity index (χ0) is 18.7. The minimum absolute atomic E-state index is 0.271. The number of rotatable bonds is 5. The van der Waals surface area contributed by atoms with Gasteiger partial charge in [-0.1, -0.05) is 12.1 Å². The zero-order valence-corrected chi connectivity index (χ0v) is 15.3. The highest BCUT2D eigenvalue weighted by Gasteiger charge is 2.11. The minimum Gasteiger partial charge on any atom is -0.366 e. The van der Waals surface area contributed by atoms with Gasteiger partial charge in [-0.2, -0.15) is 5.10 Å². The van der Waals surface area contributed by atoms with Crippen molar-refractivity contribution in [1.82, 2.24) is 15.7 Å². The van der Waals surface area contributed by atoms with Crippen LogP contribution in [0.3, 0.4) is 0 Å². The first-order valence-electron chi connectivity index (χ1n) is 8.46. The van der Waals surface area contributed by atoms with Crippen LogP contribution in [0.5, 0.6) is 0 Å². The Hall–Kier alpha value is -2.99. The smallest absolute Gasteiger partial charge is 0.274 e. The maximum Gasteiger partial charge on any atom is 0.274 e. The zero-order valence-electron chi connectivity index (χ0n) is 15.3. The lowest BCUT2D eigenvalue weighted by Crippen LogP contribution is -2.21. The normalized spacial score (nSPS) is 11.0. The summed E-state index contributed by atoms with van der Waals surface area (Å²) < 4.78 is 0. The average molecular weight is 350 g/mol. The van der Waals surface area contributed by atoms with Gasteiger partial charge in [0.15, 0.2) is 5.82 Å². The van der Waals surface area contributed by atoms with Crippen LogP contribution in [-0.4, -0.2) is 29.3 Å². The number of nitrogens with one attached hydrogen (secondary N) is 2. The molecule has 26 heavy (non-hydrogen) atoms. The van der Waals surface area contributed by atoms with E-state index in [1.807, 2.05) is 31.2 Å². The third kappa shape index (κ3) is 3.65. The molecule has 0 atom stereocenters. The quantitative estimate of drug-likeness (QED) is 0.686. The van der Waals surface area contributed by atoms with Crippen molar-refractivity contribution >= 4 is 22.5 Å². The fourth-order valence-corrected chi connectivity index (χ4v) is 2.86. The number of benzene rings is 2. The molecule has 0 aliphatic rings. The molecule has 0 saturated heterocycles. The number of carbonyl (C=O) groups is 1. The van der Waals surface area contributed by atoms with Crippen molar-refractivity contribution in [2.24, 2.45) is 0 Å². The van der Waals surface area contributed by atoms with Gasteiger partial charge in [0.2, 0.25) is 0 Å². The first-order chi connectivity index (χ1) is 12.5. The molecule has 134 valence electrons. The summed E-state index contributed by atoms with van der Waals surface area (Å²) in [5.41, 5.74) is 5.99. The average Bonchev–Trinajstić information content (AvgIpc) is 2.61. The molecule has 0 unspecified atom stereocenters. The number of carbonyl (C=O) groups excluding carboxylic acids is 1. The van der Waals surface area contributed by atoms with Gasteiger partial charge in [0.1, 0.15) is 0 Å². The van der Waals surface area contributed by atoms with Gasteiger partial charge in [0, 0.05) is 22.4 Å². The van der Waals surface area contributed by atoms with Crippen LogP contribution >= 0.6 is 0 Å². The van der Waals surface area contributed by atoms with Gasteiger partial charge in [-0.15, -0.1) is 5.10 Å². The number of hydrogen-bond acceptors (Lipinski definition) is 5. The molecule has 2 N–H and O–H groups in total. The van der Waals surface area contributed by atoms with Gasteiger partial charge < -0.3 is 5.32 Å². The number of hydrogen-bond donors (Lipinski definition) is 2. The number of fused-ring (bicyclic) bond motifs is 1. The van der Waals surface area contributed by atoms with Crippen molar-refractivity contribution in [3.63, 3.8) is 0 Å². The van der Waals surface area contributed by atoms with E-state index in [2.05, 4.69) is 40.9 Å². The van der Waals surface area contributed by atoms with E-state index in [0.29, 0.717) is 5.56 Å². The molecule has 1 heterocycles. The van der Waals surface area contributed by atoms with E-state index in [1.54, 1.807) is 12.3 Å². The predicted octanol–water partition coefficient (Wildman–Crippen LogP) is 3.72. The Kier molecular flexibility index (Phi) is 5.14. The highest BCUT2D eigenvalue weighted by Crippen LogP contribution is 2.30. The van der Waals surface area contributed by atoms with Gasteiger partial charge in [0.25, 0.3) is 5.91 Å². The summed E-state index contributed by atoms with van der Waals surface area (Å²) in [6.07, 6.45) is 1.75. The van der Waals surface area contributed by atoms with Crippen LogP contribution in [0.4, 0.5) is 5.82 Å². The molecule has 0 aliphatic heterocycles. The Balaban J connectivity index is 2.06. The van der Waals surface area contributed by atoms with Gasteiger partial charge >= 0.3 is 0 Å². The Morgan fingerprint density at radius 2 is 1.96 bits per heavy atom. The maximum atomic E-state index is 12.0. The summed E-state index contributed by atoms with van der Waals surface area (Å²) in [4.78, 5) is 16.8. The largest absolute Gasteiger partial charge is 0.366 e. The van der Waals surface area contributed by atoms with Crippen molar-refractivity contribution in [1.29, 1.82) is 0 Å².